The number of carbonyl (C=O) groups is 1. The Bertz CT molecular complexity index is 149. The summed E-state index contributed by atoms with van der Waals surface area (Å²) in [6.45, 7) is 2.78. The van der Waals surface area contributed by atoms with Gasteiger partial charge in [0.25, 0.3) is 0 Å². The van der Waals surface area contributed by atoms with E-state index in [1.54, 1.807) is 0 Å². The predicted octanol–water partition coefficient (Wildman–Crippen LogP) is -2.05. The molecule has 0 saturated carbocycles. The summed E-state index contributed by atoms with van der Waals surface area (Å²) in [6, 6.07) is 0. The number of hydrogen-bond acceptors (Lipinski definition) is 5. The zero-order valence-corrected chi connectivity index (χ0v) is 7.19. The van der Waals surface area contributed by atoms with E-state index in [4.69, 9.17) is 15.9 Å². The molecule has 0 aromatic rings. The second kappa shape index (κ2) is 5.04. The van der Waals surface area contributed by atoms with Crippen LogP contribution in [-0.2, 0) is 4.79 Å². The fraction of sp³-hybridized carbons (Fsp3) is 0.833. The lowest BCUT2D eigenvalue weighted by molar-refractivity contribution is -0.126. The maximum atomic E-state index is 10.4. The fourth-order valence-electron chi connectivity index (χ4n) is 0.693. The van der Waals surface area contributed by atoms with Crippen molar-refractivity contribution in [1.82, 2.24) is 10.4 Å². The second-order valence-electron chi connectivity index (χ2n) is 2.53. The molecule has 0 aliphatic carbocycles. The van der Waals surface area contributed by atoms with Crippen molar-refractivity contribution in [2.24, 2.45) is 5.73 Å². The summed E-state index contributed by atoms with van der Waals surface area (Å²) in [6.07, 6.45) is -1.72. The van der Waals surface area contributed by atoms with Gasteiger partial charge in [-0.2, -0.15) is 0 Å². The SMILES string of the molecule is CC(O)NN(CC(N)=O)C(C)O. The van der Waals surface area contributed by atoms with E-state index in [1.165, 1.54) is 13.8 Å². The first-order valence-electron chi connectivity index (χ1n) is 3.60. The minimum atomic E-state index is -0.882. The van der Waals surface area contributed by atoms with Gasteiger partial charge in [0, 0.05) is 0 Å². The number of hydrogen-bond donors (Lipinski definition) is 4. The molecule has 0 aromatic heterocycles. The molecule has 72 valence electrons. The first-order chi connectivity index (χ1) is 5.43. The Kier molecular flexibility index (Phi) is 4.75. The predicted molar refractivity (Wildman–Crippen MR) is 42.4 cm³/mol. The van der Waals surface area contributed by atoms with Crippen LogP contribution in [0, 0.1) is 0 Å². The number of nitrogens with one attached hydrogen (secondary N) is 1. The van der Waals surface area contributed by atoms with Crippen molar-refractivity contribution in [3.63, 3.8) is 0 Å². The Morgan fingerprint density at radius 1 is 1.58 bits per heavy atom. The molecule has 6 nitrogen and oxygen atoms in total. The Morgan fingerprint density at radius 3 is 2.33 bits per heavy atom. The maximum absolute atomic E-state index is 10.4. The third kappa shape index (κ3) is 5.03. The number of amides is 1. The third-order valence-electron chi connectivity index (χ3n) is 1.13. The molecule has 1 amide bonds. The molecule has 0 aliphatic heterocycles. The Labute approximate surface area is 70.9 Å². The van der Waals surface area contributed by atoms with Crippen molar-refractivity contribution in [2.75, 3.05) is 6.54 Å². The summed E-state index contributed by atoms with van der Waals surface area (Å²) in [7, 11) is 0. The van der Waals surface area contributed by atoms with Crippen LogP contribution < -0.4 is 11.2 Å². The number of hydrazine groups is 1. The zero-order valence-electron chi connectivity index (χ0n) is 7.19. The lowest BCUT2D eigenvalue weighted by Gasteiger charge is -2.25. The number of nitrogens with two attached hydrogens (primary N) is 1. The summed E-state index contributed by atoms with van der Waals surface area (Å²) in [5.41, 5.74) is 7.34. The molecule has 0 rings (SSSR count). The minimum absolute atomic E-state index is 0.150. The molecule has 0 aromatic carbocycles. The average molecular weight is 177 g/mol. The quantitative estimate of drug-likeness (QED) is 0.286. The van der Waals surface area contributed by atoms with Gasteiger partial charge in [-0.15, -0.1) is 0 Å². The molecule has 2 unspecified atom stereocenters. The first kappa shape index (κ1) is 11.3. The van der Waals surface area contributed by atoms with Crippen LogP contribution in [0.2, 0.25) is 0 Å². The smallest absolute Gasteiger partial charge is 0.233 e. The zero-order chi connectivity index (χ0) is 9.72. The van der Waals surface area contributed by atoms with Gasteiger partial charge in [-0.25, -0.2) is 10.4 Å². The molecule has 0 saturated heterocycles. The number of carbonyl (C=O) groups excluding carboxylic acids is 1. The number of rotatable bonds is 5. The summed E-state index contributed by atoms with van der Waals surface area (Å²) < 4.78 is 0. The summed E-state index contributed by atoms with van der Waals surface area (Å²) in [5.74, 6) is -0.580. The highest BCUT2D eigenvalue weighted by molar-refractivity contribution is 5.75. The van der Waals surface area contributed by atoms with Crippen LogP contribution in [0.25, 0.3) is 0 Å². The topological polar surface area (TPSA) is 98.8 Å². The van der Waals surface area contributed by atoms with E-state index in [0.29, 0.717) is 0 Å². The number of primary amides is 1. The van der Waals surface area contributed by atoms with Gasteiger partial charge in [-0.1, -0.05) is 0 Å². The van der Waals surface area contributed by atoms with Crippen LogP contribution in [0.1, 0.15) is 13.8 Å². The van der Waals surface area contributed by atoms with E-state index in [1.807, 2.05) is 0 Å². The van der Waals surface area contributed by atoms with Crippen molar-refractivity contribution in [2.45, 2.75) is 26.3 Å². The third-order valence-corrected chi connectivity index (χ3v) is 1.13. The molecule has 2 atom stereocenters. The molecule has 0 heterocycles. The lowest BCUT2D eigenvalue weighted by atomic mass is 10.5. The van der Waals surface area contributed by atoms with Crippen molar-refractivity contribution in [1.29, 1.82) is 0 Å². The molecule has 0 fully saturated rings. The summed E-state index contributed by atoms with van der Waals surface area (Å²) >= 11 is 0. The molecule has 0 radical (unpaired) electrons. The molecular formula is C6H15N3O3. The standard InChI is InChI=1S/C6H15N3O3/c1-4(10)8-9(5(2)11)3-6(7)12/h4-5,8,10-11H,3H2,1-2H3,(H2,7,12). The highest BCUT2D eigenvalue weighted by atomic mass is 16.3. The normalized spacial score (nSPS) is 16.1. The number of aliphatic hydroxyl groups is 2. The van der Waals surface area contributed by atoms with E-state index < -0.39 is 18.4 Å². The van der Waals surface area contributed by atoms with Crippen LogP contribution >= 0.6 is 0 Å². The Morgan fingerprint density at radius 2 is 2.08 bits per heavy atom. The van der Waals surface area contributed by atoms with Gasteiger partial charge in [0.1, 0.15) is 12.5 Å². The van der Waals surface area contributed by atoms with Gasteiger partial charge in [0.05, 0.1) is 6.54 Å². The van der Waals surface area contributed by atoms with Crippen LogP contribution in [-0.4, -0.2) is 40.1 Å². The monoisotopic (exact) mass is 177 g/mol. The van der Waals surface area contributed by atoms with Crippen molar-refractivity contribution in [3.05, 3.63) is 0 Å². The molecular weight excluding hydrogens is 162 g/mol. The largest absolute Gasteiger partial charge is 0.378 e. The van der Waals surface area contributed by atoms with Gasteiger partial charge in [0.15, 0.2) is 0 Å². The van der Waals surface area contributed by atoms with Gasteiger partial charge < -0.3 is 15.9 Å². The fourth-order valence-corrected chi connectivity index (χ4v) is 0.693. The Hall–Kier alpha value is -0.690. The van der Waals surface area contributed by atoms with E-state index in [0.717, 1.165) is 5.01 Å². The van der Waals surface area contributed by atoms with Crippen LogP contribution in [0.3, 0.4) is 0 Å². The van der Waals surface area contributed by atoms with E-state index >= 15 is 0 Å². The molecule has 0 aliphatic rings. The molecule has 0 bridgehead atoms. The Balaban J connectivity index is 3.95. The highest BCUT2D eigenvalue weighted by Crippen LogP contribution is 1.90. The molecule has 6 heteroatoms. The molecule has 0 spiro atoms. The van der Waals surface area contributed by atoms with Crippen molar-refractivity contribution < 1.29 is 15.0 Å². The van der Waals surface area contributed by atoms with Crippen molar-refractivity contribution >= 4 is 5.91 Å². The van der Waals surface area contributed by atoms with E-state index in [-0.39, 0.29) is 6.54 Å². The number of aliphatic hydroxyl groups excluding tert-OH is 2. The molecule has 12 heavy (non-hydrogen) atoms. The van der Waals surface area contributed by atoms with Crippen LogP contribution in [0.4, 0.5) is 0 Å². The van der Waals surface area contributed by atoms with E-state index in [2.05, 4.69) is 5.43 Å². The summed E-state index contributed by atoms with van der Waals surface area (Å²) in [4.78, 5) is 10.4. The number of nitrogens with zero attached hydrogens (tertiary/aromatic N) is 1. The van der Waals surface area contributed by atoms with Crippen LogP contribution in [0.15, 0.2) is 0 Å². The molecule has 5 N–H and O–H groups in total. The summed E-state index contributed by atoms with van der Waals surface area (Å²) in [5, 5.41) is 19.1. The second-order valence-corrected chi connectivity index (χ2v) is 2.53. The van der Waals surface area contributed by atoms with Gasteiger partial charge >= 0.3 is 0 Å². The van der Waals surface area contributed by atoms with Gasteiger partial charge in [-0.3, -0.25) is 4.79 Å². The lowest BCUT2D eigenvalue weighted by Crippen LogP contribution is -2.51. The first-order valence-corrected chi connectivity index (χ1v) is 3.60. The average Bonchev–Trinajstić information content (AvgIpc) is 1.83. The van der Waals surface area contributed by atoms with Crippen molar-refractivity contribution in [3.8, 4) is 0 Å². The van der Waals surface area contributed by atoms with Gasteiger partial charge in [-0.05, 0) is 13.8 Å². The van der Waals surface area contributed by atoms with Gasteiger partial charge in [0.2, 0.25) is 5.91 Å². The van der Waals surface area contributed by atoms with Crippen LogP contribution in [0.5, 0.6) is 0 Å². The maximum Gasteiger partial charge on any atom is 0.233 e. The minimum Gasteiger partial charge on any atom is -0.378 e. The van der Waals surface area contributed by atoms with E-state index in [9.17, 15) is 4.79 Å². The highest BCUT2D eigenvalue weighted by Gasteiger charge is 2.14.